The van der Waals surface area contributed by atoms with E-state index in [1.54, 1.807) is 0 Å². The van der Waals surface area contributed by atoms with E-state index in [1.165, 1.54) is 0 Å². The maximum Gasteiger partial charge on any atom is 0.234 e. The van der Waals surface area contributed by atoms with Gasteiger partial charge in [0.2, 0.25) is 5.91 Å². The molecule has 1 aliphatic heterocycles. The molecule has 1 fully saturated rings. The molecular weight excluding hydrogens is 166 g/mol. The van der Waals surface area contributed by atoms with Crippen molar-refractivity contribution in [2.45, 2.75) is 19.4 Å². The number of rotatable bonds is 4. The van der Waals surface area contributed by atoms with Crippen LogP contribution in [-0.2, 0) is 4.79 Å². The largest absolute Gasteiger partial charge is 0.351 e. The Morgan fingerprint density at radius 3 is 3.08 bits per heavy atom. The van der Waals surface area contributed by atoms with Crippen LogP contribution in [-0.4, -0.2) is 50.1 Å². The molecule has 1 unspecified atom stereocenters. The lowest BCUT2D eigenvalue weighted by atomic mass is 10.1. The van der Waals surface area contributed by atoms with Gasteiger partial charge in [0.05, 0.1) is 6.54 Å². The molecule has 0 spiro atoms. The minimum atomic E-state index is 0.161. The van der Waals surface area contributed by atoms with Gasteiger partial charge in [0.25, 0.3) is 0 Å². The Morgan fingerprint density at radius 1 is 1.69 bits per heavy atom. The molecule has 0 aliphatic carbocycles. The van der Waals surface area contributed by atoms with Crippen molar-refractivity contribution >= 4 is 5.91 Å². The number of hydrogen-bond donors (Lipinski definition) is 2. The summed E-state index contributed by atoms with van der Waals surface area (Å²) >= 11 is 0. The normalized spacial score (nSPS) is 24.5. The van der Waals surface area contributed by atoms with Gasteiger partial charge >= 0.3 is 0 Å². The third-order valence-corrected chi connectivity index (χ3v) is 2.40. The third-order valence-electron chi connectivity index (χ3n) is 2.40. The molecule has 0 aromatic heterocycles. The standard InChI is InChI=1S/C9H19N3O/c1-3-12-6-8(4-5-10-2)11-9(13)7-12/h8,10H,3-7H2,1-2H3,(H,11,13). The Morgan fingerprint density at radius 2 is 2.46 bits per heavy atom. The fourth-order valence-electron chi connectivity index (χ4n) is 1.62. The average molecular weight is 185 g/mol. The fraction of sp³-hybridized carbons (Fsp3) is 0.889. The number of nitrogens with zero attached hydrogens (tertiary/aromatic N) is 1. The van der Waals surface area contributed by atoms with Gasteiger partial charge in [-0.05, 0) is 26.6 Å². The van der Waals surface area contributed by atoms with E-state index in [0.717, 1.165) is 26.1 Å². The lowest BCUT2D eigenvalue weighted by Crippen LogP contribution is -2.54. The highest BCUT2D eigenvalue weighted by atomic mass is 16.2. The van der Waals surface area contributed by atoms with Gasteiger partial charge in [-0.15, -0.1) is 0 Å². The van der Waals surface area contributed by atoms with Crippen LogP contribution in [0.15, 0.2) is 0 Å². The number of piperazine rings is 1. The molecule has 2 N–H and O–H groups in total. The number of likely N-dealkylation sites (N-methyl/N-ethyl adjacent to an activating group) is 1. The molecule has 1 saturated heterocycles. The summed E-state index contributed by atoms with van der Waals surface area (Å²) in [7, 11) is 1.93. The number of amides is 1. The predicted molar refractivity (Wildman–Crippen MR) is 52.6 cm³/mol. The zero-order chi connectivity index (χ0) is 9.68. The van der Waals surface area contributed by atoms with Crippen LogP contribution in [0, 0.1) is 0 Å². The maximum absolute atomic E-state index is 11.2. The van der Waals surface area contributed by atoms with Crippen LogP contribution in [0.2, 0.25) is 0 Å². The van der Waals surface area contributed by atoms with Crippen molar-refractivity contribution in [1.82, 2.24) is 15.5 Å². The Bertz CT molecular complexity index is 172. The van der Waals surface area contributed by atoms with Crippen molar-refractivity contribution < 1.29 is 4.79 Å². The first-order valence-corrected chi connectivity index (χ1v) is 4.92. The first-order chi connectivity index (χ1) is 6.26. The second-order valence-corrected chi connectivity index (χ2v) is 3.48. The van der Waals surface area contributed by atoms with Gasteiger partial charge in [0.15, 0.2) is 0 Å². The van der Waals surface area contributed by atoms with E-state index in [9.17, 15) is 4.79 Å². The van der Waals surface area contributed by atoms with Gasteiger partial charge < -0.3 is 10.6 Å². The lowest BCUT2D eigenvalue weighted by Gasteiger charge is -2.32. The zero-order valence-electron chi connectivity index (χ0n) is 8.47. The number of carbonyl (C=O) groups is 1. The lowest BCUT2D eigenvalue weighted by molar-refractivity contribution is -0.125. The van der Waals surface area contributed by atoms with Gasteiger partial charge in [-0.3, -0.25) is 9.69 Å². The van der Waals surface area contributed by atoms with Crippen molar-refractivity contribution in [1.29, 1.82) is 0 Å². The topological polar surface area (TPSA) is 44.4 Å². The Hall–Kier alpha value is -0.610. The summed E-state index contributed by atoms with van der Waals surface area (Å²) in [5, 5.41) is 6.09. The number of carbonyl (C=O) groups excluding carboxylic acids is 1. The van der Waals surface area contributed by atoms with Crippen LogP contribution >= 0.6 is 0 Å². The van der Waals surface area contributed by atoms with E-state index in [4.69, 9.17) is 0 Å². The average Bonchev–Trinajstić information content (AvgIpc) is 2.14. The first-order valence-electron chi connectivity index (χ1n) is 4.92. The van der Waals surface area contributed by atoms with Crippen LogP contribution < -0.4 is 10.6 Å². The van der Waals surface area contributed by atoms with Gasteiger partial charge in [0.1, 0.15) is 0 Å². The van der Waals surface area contributed by atoms with Crippen LogP contribution in [0.5, 0.6) is 0 Å². The highest BCUT2D eigenvalue weighted by Gasteiger charge is 2.22. The molecule has 76 valence electrons. The highest BCUT2D eigenvalue weighted by Crippen LogP contribution is 2.02. The predicted octanol–water partition coefficient (Wildman–Crippen LogP) is -0.584. The van der Waals surface area contributed by atoms with E-state index >= 15 is 0 Å². The molecule has 0 aromatic carbocycles. The minimum absolute atomic E-state index is 0.161. The molecule has 1 rings (SSSR count). The van der Waals surface area contributed by atoms with E-state index < -0.39 is 0 Å². The first kappa shape index (κ1) is 10.5. The molecule has 0 bridgehead atoms. The van der Waals surface area contributed by atoms with E-state index in [-0.39, 0.29) is 5.91 Å². The van der Waals surface area contributed by atoms with Crippen molar-refractivity contribution in [3.63, 3.8) is 0 Å². The molecule has 4 nitrogen and oxygen atoms in total. The summed E-state index contributed by atoms with van der Waals surface area (Å²) in [5.41, 5.74) is 0. The summed E-state index contributed by atoms with van der Waals surface area (Å²) in [6.07, 6.45) is 1.01. The van der Waals surface area contributed by atoms with Crippen molar-refractivity contribution in [3.8, 4) is 0 Å². The Kier molecular flexibility index (Phi) is 4.18. The molecule has 0 aromatic rings. The van der Waals surface area contributed by atoms with Gasteiger partial charge in [-0.1, -0.05) is 6.92 Å². The smallest absolute Gasteiger partial charge is 0.234 e. The SMILES string of the molecule is CCN1CC(=O)NC(CCNC)C1. The monoisotopic (exact) mass is 185 g/mol. The Labute approximate surface area is 79.7 Å². The minimum Gasteiger partial charge on any atom is -0.351 e. The van der Waals surface area contributed by atoms with E-state index in [2.05, 4.69) is 22.5 Å². The fourth-order valence-corrected chi connectivity index (χ4v) is 1.62. The summed E-state index contributed by atoms with van der Waals surface area (Å²) in [4.78, 5) is 13.4. The highest BCUT2D eigenvalue weighted by molar-refractivity contribution is 5.79. The summed E-state index contributed by atoms with van der Waals surface area (Å²) < 4.78 is 0. The van der Waals surface area contributed by atoms with Crippen molar-refractivity contribution in [2.75, 3.05) is 33.2 Å². The zero-order valence-corrected chi connectivity index (χ0v) is 8.47. The molecule has 1 heterocycles. The van der Waals surface area contributed by atoms with E-state index in [1.807, 2.05) is 7.05 Å². The molecule has 1 aliphatic rings. The van der Waals surface area contributed by atoms with Crippen molar-refractivity contribution in [2.24, 2.45) is 0 Å². The second-order valence-electron chi connectivity index (χ2n) is 3.48. The molecule has 0 radical (unpaired) electrons. The molecule has 4 heteroatoms. The maximum atomic E-state index is 11.2. The van der Waals surface area contributed by atoms with Crippen LogP contribution in [0.3, 0.4) is 0 Å². The molecule has 13 heavy (non-hydrogen) atoms. The van der Waals surface area contributed by atoms with Gasteiger partial charge in [0, 0.05) is 12.6 Å². The van der Waals surface area contributed by atoms with E-state index in [0.29, 0.717) is 12.6 Å². The number of nitrogens with one attached hydrogen (secondary N) is 2. The van der Waals surface area contributed by atoms with Gasteiger partial charge in [-0.2, -0.15) is 0 Å². The second kappa shape index (κ2) is 5.19. The van der Waals surface area contributed by atoms with Gasteiger partial charge in [-0.25, -0.2) is 0 Å². The molecule has 1 atom stereocenters. The van der Waals surface area contributed by atoms with Crippen molar-refractivity contribution in [3.05, 3.63) is 0 Å². The molecule has 0 saturated carbocycles. The molecule has 1 amide bonds. The van der Waals surface area contributed by atoms with Crippen LogP contribution in [0.1, 0.15) is 13.3 Å². The molecular formula is C9H19N3O. The number of hydrogen-bond acceptors (Lipinski definition) is 3. The van der Waals surface area contributed by atoms with Crippen LogP contribution in [0.4, 0.5) is 0 Å². The third kappa shape index (κ3) is 3.32. The summed E-state index contributed by atoms with van der Waals surface area (Å²) in [5.74, 6) is 0.161. The quantitative estimate of drug-likeness (QED) is 0.615. The summed E-state index contributed by atoms with van der Waals surface area (Å²) in [6, 6.07) is 0.327. The Balaban J connectivity index is 2.33. The van der Waals surface area contributed by atoms with Crippen LogP contribution in [0.25, 0.3) is 0 Å². The summed E-state index contributed by atoms with van der Waals surface area (Å²) in [6.45, 7) is 5.57.